The zero-order valence-corrected chi connectivity index (χ0v) is 14.1. The quantitative estimate of drug-likeness (QED) is 0.554. The highest BCUT2D eigenvalue weighted by Crippen LogP contribution is 2.37. The van der Waals surface area contributed by atoms with Gasteiger partial charge in [0.1, 0.15) is 5.82 Å². The number of para-hydroxylation sites is 1. The van der Waals surface area contributed by atoms with Crippen molar-refractivity contribution in [2.45, 2.75) is 12.8 Å². The van der Waals surface area contributed by atoms with Gasteiger partial charge in [-0.15, -0.1) is 10.2 Å². The van der Waals surface area contributed by atoms with Gasteiger partial charge in [-0.25, -0.2) is 0 Å². The SMILES string of the molecule is C[C@@H]1CNc2cc(Cl)ccc2-n2c(-c3ccccc3[N+](=O)[O-])nnc21. The molecule has 0 radical (unpaired) electrons. The van der Waals surface area contributed by atoms with E-state index in [0.717, 1.165) is 17.2 Å². The van der Waals surface area contributed by atoms with E-state index < -0.39 is 4.92 Å². The lowest BCUT2D eigenvalue weighted by Crippen LogP contribution is -2.09. The van der Waals surface area contributed by atoms with Crippen LogP contribution in [-0.4, -0.2) is 26.2 Å². The summed E-state index contributed by atoms with van der Waals surface area (Å²) in [5.41, 5.74) is 2.10. The van der Waals surface area contributed by atoms with Gasteiger partial charge in [0.15, 0.2) is 5.82 Å². The van der Waals surface area contributed by atoms with Crippen LogP contribution in [0.1, 0.15) is 18.7 Å². The molecule has 0 bridgehead atoms. The summed E-state index contributed by atoms with van der Waals surface area (Å²) in [7, 11) is 0. The summed E-state index contributed by atoms with van der Waals surface area (Å²) in [4.78, 5) is 11.0. The number of halogens is 1. The summed E-state index contributed by atoms with van der Waals surface area (Å²) < 4.78 is 1.87. The van der Waals surface area contributed by atoms with Gasteiger partial charge in [0, 0.05) is 23.6 Å². The molecule has 0 spiro atoms. The van der Waals surface area contributed by atoms with Crippen molar-refractivity contribution in [1.29, 1.82) is 0 Å². The second kappa shape index (κ2) is 5.86. The van der Waals surface area contributed by atoms with Gasteiger partial charge in [-0.05, 0) is 24.3 Å². The van der Waals surface area contributed by atoms with E-state index >= 15 is 0 Å². The van der Waals surface area contributed by atoms with Crippen molar-refractivity contribution < 1.29 is 4.92 Å². The third kappa shape index (κ3) is 2.53. The molecule has 1 aliphatic heterocycles. The first-order valence-corrected chi connectivity index (χ1v) is 8.17. The maximum absolute atomic E-state index is 11.4. The number of hydrogen-bond donors (Lipinski definition) is 1. The van der Waals surface area contributed by atoms with Crippen LogP contribution in [0, 0.1) is 10.1 Å². The predicted molar refractivity (Wildman–Crippen MR) is 95.4 cm³/mol. The molecule has 1 N–H and O–H groups in total. The van der Waals surface area contributed by atoms with Crippen molar-refractivity contribution in [1.82, 2.24) is 14.8 Å². The summed E-state index contributed by atoms with van der Waals surface area (Å²) in [6.07, 6.45) is 0. The molecule has 0 fully saturated rings. The maximum Gasteiger partial charge on any atom is 0.280 e. The van der Waals surface area contributed by atoms with Crippen LogP contribution in [0.4, 0.5) is 11.4 Å². The van der Waals surface area contributed by atoms with E-state index in [9.17, 15) is 10.1 Å². The molecule has 7 nitrogen and oxygen atoms in total. The first-order valence-electron chi connectivity index (χ1n) is 7.79. The molecular formula is C17H14ClN5O2. The van der Waals surface area contributed by atoms with Crippen LogP contribution in [-0.2, 0) is 0 Å². The second-order valence-electron chi connectivity index (χ2n) is 5.93. The molecule has 0 aliphatic carbocycles. The van der Waals surface area contributed by atoms with Crippen LogP contribution in [0.15, 0.2) is 42.5 Å². The van der Waals surface area contributed by atoms with E-state index in [-0.39, 0.29) is 11.6 Å². The van der Waals surface area contributed by atoms with Gasteiger partial charge < -0.3 is 5.32 Å². The fourth-order valence-electron chi connectivity index (χ4n) is 3.05. The zero-order chi connectivity index (χ0) is 17.6. The first-order chi connectivity index (χ1) is 12.1. The molecule has 0 unspecified atom stereocenters. The average molecular weight is 356 g/mol. The number of hydrogen-bond acceptors (Lipinski definition) is 5. The third-order valence-electron chi connectivity index (χ3n) is 4.27. The molecule has 1 aromatic heterocycles. The minimum atomic E-state index is -0.405. The molecule has 0 saturated heterocycles. The van der Waals surface area contributed by atoms with Crippen molar-refractivity contribution in [3.8, 4) is 17.1 Å². The van der Waals surface area contributed by atoms with Crippen LogP contribution in [0.2, 0.25) is 5.02 Å². The molecule has 126 valence electrons. The average Bonchev–Trinajstić information content (AvgIpc) is 2.99. The lowest BCUT2D eigenvalue weighted by atomic mass is 10.1. The minimum absolute atomic E-state index is 0.00178. The van der Waals surface area contributed by atoms with E-state index in [0.29, 0.717) is 23.0 Å². The minimum Gasteiger partial charge on any atom is -0.383 e. The van der Waals surface area contributed by atoms with Gasteiger partial charge >= 0.3 is 0 Å². The zero-order valence-electron chi connectivity index (χ0n) is 13.3. The fraction of sp³-hybridized carbons (Fsp3) is 0.176. The first kappa shape index (κ1) is 15.6. The summed E-state index contributed by atoms with van der Waals surface area (Å²) >= 11 is 6.12. The summed E-state index contributed by atoms with van der Waals surface area (Å²) in [6, 6.07) is 12.0. The highest BCUT2D eigenvalue weighted by Gasteiger charge is 2.28. The molecule has 2 heterocycles. The van der Waals surface area contributed by atoms with E-state index in [4.69, 9.17) is 11.6 Å². The highest BCUT2D eigenvalue weighted by molar-refractivity contribution is 6.31. The Morgan fingerprint density at radius 2 is 2.08 bits per heavy atom. The number of nitro groups is 1. The van der Waals surface area contributed by atoms with Crippen molar-refractivity contribution in [3.05, 3.63) is 63.4 Å². The Kier molecular flexibility index (Phi) is 3.65. The molecule has 25 heavy (non-hydrogen) atoms. The predicted octanol–water partition coefficient (Wildman–Crippen LogP) is 4.02. The lowest BCUT2D eigenvalue weighted by molar-refractivity contribution is -0.384. The third-order valence-corrected chi connectivity index (χ3v) is 4.50. The number of fused-ring (bicyclic) bond motifs is 3. The summed E-state index contributed by atoms with van der Waals surface area (Å²) in [5.74, 6) is 1.28. The molecule has 4 rings (SSSR count). The maximum atomic E-state index is 11.4. The summed E-state index contributed by atoms with van der Waals surface area (Å²) in [6.45, 7) is 2.70. The van der Waals surface area contributed by atoms with E-state index in [1.807, 2.05) is 23.6 Å². The molecular weight excluding hydrogens is 342 g/mol. The van der Waals surface area contributed by atoms with E-state index in [2.05, 4.69) is 15.5 Å². The van der Waals surface area contributed by atoms with Gasteiger partial charge in [0.05, 0.1) is 21.9 Å². The Hall–Kier alpha value is -2.93. The molecule has 0 saturated carbocycles. The number of rotatable bonds is 2. The Balaban J connectivity index is 2.02. The van der Waals surface area contributed by atoms with Crippen LogP contribution in [0.5, 0.6) is 0 Å². The van der Waals surface area contributed by atoms with Crippen molar-refractivity contribution in [3.63, 3.8) is 0 Å². The monoisotopic (exact) mass is 355 g/mol. The lowest BCUT2D eigenvalue weighted by Gasteiger charge is -2.12. The topological polar surface area (TPSA) is 85.9 Å². The fourth-order valence-corrected chi connectivity index (χ4v) is 3.22. The van der Waals surface area contributed by atoms with Gasteiger partial charge in [-0.3, -0.25) is 14.7 Å². The molecule has 2 aromatic carbocycles. The van der Waals surface area contributed by atoms with Crippen LogP contribution in [0.25, 0.3) is 17.1 Å². The van der Waals surface area contributed by atoms with Crippen molar-refractivity contribution in [2.24, 2.45) is 0 Å². The van der Waals surface area contributed by atoms with Gasteiger partial charge in [-0.2, -0.15) is 0 Å². The van der Waals surface area contributed by atoms with Crippen LogP contribution >= 0.6 is 11.6 Å². The smallest absolute Gasteiger partial charge is 0.280 e. The van der Waals surface area contributed by atoms with Crippen molar-refractivity contribution >= 4 is 23.0 Å². The van der Waals surface area contributed by atoms with Crippen molar-refractivity contribution in [2.75, 3.05) is 11.9 Å². The number of nitro benzene ring substituents is 1. The van der Waals surface area contributed by atoms with E-state index in [1.165, 1.54) is 6.07 Å². The molecule has 3 aromatic rings. The number of nitrogens with one attached hydrogen (secondary N) is 1. The highest BCUT2D eigenvalue weighted by atomic mass is 35.5. The van der Waals surface area contributed by atoms with Crippen LogP contribution in [0.3, 0.4) is 0 Å². The van der Waals surface area contributed by atoms with Gasteiger partial charge in [0.25, 0.3) is 5.69 Å². The Bertz CT molecular complexity index is 985. The molecule has 1 aliphatic rings. The standard InChI is InChI=1S/C17H14ClN5O2/c1-10-9-19-13-8-11(18)6-7-15(13)22-16(10)20-21-17(22)12-4-2-3-5-14(12)23(24)25/h2-8,10,19H,9H2,1H3/t10-/m1/s1. The Morgan fingerprint density at radius 3 is 2.88 bits per heavy atom. The van der Waals surface area contributed by atoms with Gasteiger partial charge in [0.2, 0.25) is 0 Å². The van der Waals surface area contributed by atoms with Crippen LogP contribution < -0.4 is 5.32 Å². The Morgan fingerprint density at radius 1 is 1.28 bits per heavy atom. The largest absolute Gasteiger partial charge is 0.383 e. The normalized spacial score (nSPS) is 15.7. The number of nitrogens with zero attached hydrogens (tertiary/aromatic N) is 4. The number of anilines is 1. The number of aromatic nitrogens is 3. The Labute approximate surface area is 148 Å². The second-order valence-corrected chi connectivity index (χ2v) is 6.37. The van der Waals surface area contributed by atoms with E-state index in [1.54, 1.807) is 24.3 Å². The van der Waals surface area contributed by atoms with Gasteiger partial charge in [-0.1, -0.05) is 30.7 Å². The summed E-state index contributed by atoms with van der Waals surface area (Å²) in [5, 5.41) is 24.0. The number of benzene rings is 2. The molecule has 1 atom stereocenters. The molecule has 8 heteroatoms. The molecule has 0 amide bonds.